The maximum Gasteiger partial charge on any atom is 0.162 e. The van der Waals surface area contributed by atoms with Gasteiger partial charge in [0.1, 0.15) is 29.7 Å². The third kappa shape index (κ3) is 15.0. The van der Waals surface area contributed by atoms with Crippen molar-refractivity contribution in [1.82, 2.24) is 0 Å². The summed E-state index contributed by atoms with van der Waals surface area (Å²) in [6, 6.07) is 23.9. The summed E-state index contributed by atoms with van der Waals surface area (Å²) >= 11 is 5.58. The number of hydrogen-bond donors (Lipinski definition) is 1. The quantitative estimate of drug-likeness (QED) is 0.132. The molecule has 0 atom stereocenters. The molecule has 4 rings (SSSR count). The number of ketones is 2. The van der Waals surface area contributed by atoms with Gasteiger partial charge in [0, 0.05) is 18.0 Å². The predicted octanol–water partition coefficient (Wildman–Crippen LogP) is 9.55. The van der Waals surface area contributed by atoms with E-state index in [9.17, 15) is 27.2 Å². The van der Waals surface area contributed by atoms with Crippen LogP contribution in [0.3, 0.4) is 0 Å². The number of rotatable bonds is 6. The van der Waals surface area contributed by atoms with Crippen LogP contribution < -0.4 is 4.74 Å². The van der Waals surface area contributed by atoms with Gasteiger partial charge in [0.05, 0.1) is 25.5 Å². The number of benzene rings is 4. The van der Waals surface area contributed by atoms with Gasteiger partial charge >= 0.3 is 0 Å². The maximum absolute atomic E-state index is 13.6. The Bertz CT molecular complexity index is 1390. The highest BCUT2D eigenvalue weighted by Crippen LogP contribution is 2.19. The van der Waals surface area contributed by atoms with E-state index in [1.54, 1.807) is 6.07 Å². The van der Waals surface area contributed by atoms with E-state index >= 15 is 0 Å². The Morgan fingerprint density at radius 1 is 0.674 bits per heavy atom. The largest absolute Gasteiger partial charge is 0.508 e. The first-order valence-corrected chi connectivity index (χ1v) is 13.4. The van der Waals surface area contributed by atoms with Gasteiger partial charge in [-0.05, 0) is 63.1 Å². The Morgan fingerprint density at radius 3 is 1.49 bits per heavy atom. The summed E-state index contributed by atoms with van der Waals surface area (Å²) in [5, 5.41) is 8.77. The first-order valence-electron chi connectivity index (χ1n) is 12.9. The molecule has 4 aromatic carbocycles. The minimum atomic E-state index is -0.683. The van der Waals surface area contributed by atoms with Gasteiger partial charge in [0.25, 0.3) is 0 Å². The number of phenols is 1. The summed E-state index contributed by atoms with van der Waals surface area (Å²) in [6.07, 6.45) is 0. The van der Waals surface area contributed by atoms with Crippen LogP contribution in [0.5, 0.6) is 11.5 Å². The Balaban J connectivity index is 0.000000626. The molecular weight excluding hydrogens is 584 g/mol. The molecule has 0 saturated heterocycles. The number of ether oxygens (including phenoxy) is 1. The molecule has 0 aliphatic rings. The van der Waals surface area contributed by atoms with Crippen molar-refractivity contribution in [2.24, 2.45) is 0 Å². The van der Waals surface area contributed by atoms with Gasteiger partial charge in [-0.3, -0.25) is 18.4 Å². The summed E-state index contributed by atoms with van der Waals surface area (Å²) in [4.78, 5) is 21.8. The van der Waals surface area contributed by atoms with Crippen LogP contribution in [0.4, 0.5) is 17.6 Å². The van der Waals surface area contributed by atoms with Crippen LogP contribution in [0.25, 0.3) is 0 Å². The van der Waals surface area contributed by atoms with Crippen molar-refractivity contribution in [3.05, 3.63) is 130 Å². The number of carbonyl (C=O) groups is 2. The zero-order valence-electron chi connectivity index (χ0n) is 25.1. The molecule has 4 nitrogen and oxygen atoms in total. The van der Waals surface area contributed by atoms with E-state index in [1.165, 1.54) is 54.8 Å². The second kappa shape index (κ2) is 21.5. The standard InChI is InChI=1S/C16H15FO2.C8H9Cl.C8H7FO2.2CH3F/c1-11-3-5-13(6-4-11)10-19-14-7-8-15(12(2)18)16(17)9-14;1-7-2-4-8(6-9)5-3-7;1-5(10)7-3-2-6(11)4-8(7)9;2*1-2/h3-9H,10H2,1-2H3;2-5H,6H2,1H3;2-4,11H,1H3;2*1H3. The molecule has 1 N–H and O–H groups in total. The second-order valence-electron chi connectivity index (χ2n) is 8.81. The van der Waals surface area contributed by atoms with Gasteiger partial charge < -0.3 is 9.84 Å². The van der Waals surface area contributed by atoms with Crippen LogP contribution in [0.2, 0.25) is 0 Å². The topological polar surface area (TPSA) is 63.6 Å². The average Bonchev–Trinajstić information content (AvgIpc) is 2.99. The van der Waals surface area contributed by atoms with Crippen molar-refractivity contribution in [2.75, 3.05) is 14.4 Å². The fourth-order valence-electron chi connectivity index (χ4n) is 3.19. The normalized spacial score (nSPS) is 9.28. The fraction of sp³-hybridized carbons (Fsp3) is 0.235. The molecular formula is C34H37ClF4O4. The van der Waals surface area contributed by atoms with Crippen LogP contribution in [-0.2, 0) is 12.5 Å². The number of Topliss-reactive ketones (excluding diaryl/α,β-unsaturated/α-hetero) is 2. The number of carbonyl (C=O) groups excluding carboxylic acids is 2. The van der Waals surface area contributed by atoms with Gasteiger partial charge in [-0.15, -0.1) is 11.6 Å². The van der Waals surface area contributed by atoms with Crippen molar-refractivity contribution in [3.63, 3.8) is 0 Å². The lowest BCUT2D eigenvalue weighted by Gasteiger charge is -2.08. The summed E-state index contributed by atoms with van der Waals surface area (Å²) in [7, 11) is 1.00. The third-order valence-electron chi connectivity index (χ3n) is 5.45. The average molecular weight is 621 g/mol. The van der Waals surface area contributed by atoms with Gasteiger partial charge in [0.15, 0.2) is 11.6 Å². The van der Waals surface area contributed by atoms with Crippen molar-refractivity contribution < 1.29 is 37.0 Å². The molecule has 0 amide bonds. The number of aromatic hydroxyl groups is 1. The first kappa shape index (κ1) is 38.8. The molecule has 9 heteroatoms. The highest BCUT2D eigenvalue weighted by atomic mass is 35.5. The molecule has 0 heterocycles. The molecule has 0 saturated carbocycles. The number of hydrogen-bond acceptors (Lipinski definition) is 4. The minimum Gasteiger partial charge on any atom is -0.508 e. The van der Waals surface area contributed by atoms with Crippen LogP contribution in [0.1, 0.15) is 56.8 Å². The van der Waals surface area contributed by atoms with E-state index in [1.807, 2.05) is 43.3 Å². The van der Waals surface area contributed by atoms with Crippen LogP contribution in [-0.4, -0.2) is 31.0 Å². The number of alkyl halides is 3. The molecule has 0 unspecified atom stereocenters. The smallest absolute Gasteiger partial charge is 0.162 e. The van der Waals surface area contributed by atoms with Gasteiger partial charge in [-0.25, -0.2) is 8.78 Å². The molecule has 0 aliphatic carbocycles. The summed E-state index contributed by atoms with van der Waals surface area (Å²) < 4.78 is 50.8. The molecule has 0 aromatic heterocycles. The summed E-state index contributed by atoms with van der Waals surface area (Å²) in [6.45, 7) is 7.07. The van der Waals surface area contributed by atoms with E-state index < -0.39 is 11.6 Å². The second-order valence-corrected chi connectivity index (χ2v) is 9.08. The minimum absolute atomic E-state index is 0.00259. The van der Waals surface area contributed by atoms with Crippen LogP contribution in [0, 0.1) is 25.5 Å². The Kier molecular flexibility index (Phi) is 19.4. The van der Waals surface area contributed by atoms with Gasteiger partial charge in [-0.2, -0.15) is 0 Å². The monoisotopic (exact) mass is 620 g/mol. The molecule has 0 radical (unpaired) electrons. The van der Waals surface area contributed by atoms with Gasteiger partial charge in [-0.1, -0.05) is 59.7 Å². The molecule has 0 spiro atoms. The van der Waals surface area contributed by atoms with Crippen LogP contribution >= 0.6 is 11.6 Å². The zero-order valence-corrected chi connectivity index (χ0v) is 25.8. The van der Waals surface area contributed by atoms with Crippen molar-refractivity contribution in [1.29, 1.82) is 0 Å². The Morgan fingerprint density at radius 2 is 1.09 bits per heavy atom. The number of aryl methyl sites for hydroxylation is 2. The molecule has 0 fully saturated rings. The summed E-state index contributed by atoms with van der Waals surface area (Å²) in [5.74, 6) is -1.01. The van der Waals surface area contributed by atoms with Crippen molar-refractivity contribution >= 4 is 23.2 Å². The predicted molar refractivity (Wildman–Crippen MR) is 165 cm³/mol. The van der Waals surface area contributed by atoms with E-state index in [0.717, 1.165) is 11.6 Å². The first-order chi connectivity index (χ1) is 20.5. The molecule has 0 bridgehead atoms. The molecule has 4 aromatic rings. The zero-order chi connectivity index (χ0) is 32.9. The number of phenolic OH excluding ortho intramolecular Hbond substituents is 1. The van der Waals surface area contributed by atoms with E-state index in [-0.39, 0.29) is 28.4 Å². The van der Waals surface area contributed by atoms with Crippen molar-refractivity contribution in [2.45, 2.75) is 40.2 Å². The molecule has 232 valence electrons. The highest BCUT2D eigenvalue weighted by Gasteiger charge is 2.08. The van der Waals surface area contributed by atoms with Crippen LogP contribution in [0.15, 0.2) is 84.9 Å². The maximum atomic E-state index is 13.6. The highest BCUT2D eigenvalue weighted by molar-refractivity contribution is 6.17. The van der Waals surface area contributed by atoms with Crippen molar-refractivity contribution in [3.8, 4) is 11.5 Å². The third-order valence-corrected chi connectivity index (χ3v) is 5.76. The lowest BCUT2D eigenvalue weighted by Crippen LogP contribution is -1.99. The fourth-order valence-corrected chi connectivity index (χ4v) is 3.37. The Hall–Kier alpha value is -4.17. The van der Waals surface area contributed by atoms with Gasteiger partial charge in [0.2, 0.25) is 0 Å². The Labute approximate surface area is 255 Å². The lowest BCUT2D eigenvalue weighted by molar-refractivity contribution is 0.100. The summed E-state index contributed by atoms with van der Waals surface area (Å²) in [5.41, 5.74) is 4.75. The van der Waals surface area contributed by atoms with E-state index in [0.29, 0.717) is 32.6 Å². The molecule has 0 aliphatic heterocycles. The number of halogens is 5. The lowest BCUT2D eigenvalue weighted by atomic mass is 10.1. The molecule has 43 heavy (non-hydrogen) atoms. The SMILES string of the molecule is CC(=O)c1ccc(O)cc1F.CC(=O)c1ccc(OCc2ccc(C)cc2)cc1F.CF.CF.Cc1ccc(CCl)cc1. The van der Waals surface area contributed by atoms with E-state index in [4.69, 9.17) is 21.4 Å². The van der Waals surface area contributed by atoms with E-state index in [2.05, 4.69) is 19.1 Å².